The summed E-state index contributed by atoms with van der Waals surface area (Å²) in [5.41, 5.74) is 5.78. The number of primary amides is 1. The highest BCUT2D eigenvalue weighted by molar-refractivity contribution is 8.13. The number of hydrogen-bond acceptors (Lipinski definition) is 3. The molecule has 0 aromatic heterocycles. The fraction of sp³-hybridized carbons (Fsp3) is 0.471. The van der Waals surface area contributed by atoms with Crippen LogP contribution in [0.25, 0.3) is 0 Å². The van der Waals surface area contributed by atoms with Gasteiger partial charge in [-0.15, -0.1) is 0 Å². The number of amides is 4. The molecule has 1 rings (SSSR count). The first kappa shape index (κ1) is 20.0. The van der Waals surface area contributed by atoms with Crippen molar-refractivity contribution in [2.45, 2.75) is 45.4 Å². The number of carbonyl (C=O) groups excluding carboxylic acids is 2. The second-order valence-electron chi connectivity index (χ2n) is 5.32. The molecule has 7 heteroatoms. The molecule has 0 fully saturated rings. The predicted octanol–water partition coefficient (Wildman–Crippen LogP) is 4.34. The summed E-state index contributed by atoms with van der Waals surface area (Å²) in [6.07, 6.45) is 7.09. The van der Waals surface area contributed by atoms with Crippen molar-refractivity contribution in [1.82, 2.24) is 5.32 Å². The van der Waals surface area contributed by atoms with Gasteiger partial charge in [-0.05, 0) is 18.6 Å². The lowest BCUT2D eigenvalue weighted by Gasteiger charge is -2.07. The van der Waals surface area contributed by atoms with E-state index in [1.165, 1.54) is 37.4 Å². The topological polar surface area (TPSA) is 96.6 Å². The van der Waals surface area contributed by atoms with Gasteiger partial charge in [-0.3, -0.25) is 5.32 Å². The summed E-state index contributed by atoms with van der Waals surface area (Å²) in [5.74, 6) is 0.782. The molecule has 24 heavy (non-hydrogen) atoms. The third-order valence-electron chi connectivity index (χ3n) is 3.19. The Morgan fingerprint density at radius 1 is 1.08 bits per heavy atom. The highest BCUT2D eigenvalue weighted by atomic mass is 32.2. The molecule has 132 valence electrons. The number of hydrogen-bond donors (Lipinski definition) is 3. The molecule has 0 aliphatic rings. The quantitative estimate of drug-likeness (QED) is 0.370. The first-order valence-electron chi connectivity index (χ1n) is 8.25. The zero-order valence-corrected chi connectivity index (χ0v) is 14.9. The summed E-state index contributed by atoms with van der Waals surface area (Å²) in [6.45, 7) is 2.19. The Morgan fingerprint density at radius 2 is 1.75 bits per heavy atom. The summed E-state index contributed by atoms with van der Waals surface area (Å²) in [7, 11) is 0. The third-order valence-corrected chi connectivity index (χ3v) is 4.15. The maximum atomic E-state index is 11.9. The molecule has 0 aliphatic heterocycles. The Labute approximate surface area is 147 Å². The van der Waals surface area contributed by atoms with Crippen LogP contribution in [0.3, 0.4) is 0 Å². The van der Waals surface area contributed by atoms with Crippen LogP contribution in [0.2, 0.25) is 0 Å². The zero-order valence-electron chi connectivity index (χ0n) is 14.1. The molecule has 6 nitrogen and oxygen atoms in total. The lowest BCUT2D eigenvalue weighted by molar-refractivity contribution is 0.253. The molecule has 0 atom stereocenters. The summed E-state index contributed by atoms with van der Waals surface area (Å²) in [6, 6.07) is 7.74. The Morgan fingerprint density at radius 3 is 2.42 bits per heavy atom. The minimum Gasteiger partial charge on any atom is -0.351 e. The van der Waals surface area contributed by atoms with Gasteiger partial charge in [0.2, 0.25) is 0 Å². The molecule has 0 saturated carbocycles. The fourth-order valence-corrected chi connectivity index (χ4v) is 2.88. The van der Waals surface area contributed by atoms with Crippen LogP contribution in [0, 0.1) is 0 Å². The molecular formula is C17H26N4O2S. The zero-order chi connectivity index (χ0) is 17.6. The van der Waals surface area contributed by atoms with Crippen molar-refractivity contribution < 1.29 is 9.59 Å². The molecule has 0 spiro atoms. The third kappa shape index (κ3) is 9.89. The number of nitrogens with one attached hydrogen (secondary N) is 2. The molecule has 0 saturated heterocycles. The number of nitrogens with two attached hydrogens (primary N) is 1. The number of aliphatic imine (C=N–C) groups is 1. The van der Waals surface area contributed by atoms with E-state index in [4.69, 9.17) is 5.73 Å². The number of benzene rings is 1. The van der Waals surface area contributed by atoms with Crippen LogP contribution in [0.4, 0.5) is 15.3 Å². The average Bonchev–Trinajstić information content (AvgIpc) is 2.54. The molecule has 0 unspecified atom stereocenters. The van der Waals surface area contributed by atoms with Gasteiger partial charge in [0.15, 0.2) is 5.17 Å². The van der Waals surface area contributed by atoms with Crippen molar-refractivity contribution in [3.05, 3.63) is 30.3 Å². The molecule has 0 bridgehead atoms. The smallest absolute Gasteiger partial charge is 0.347 e. The average molecular weight is 350 g/mol. The van der Waals surface area contributed by atoms with Crippen molar-refractivity contribution in [1.29, 1.82) is 0 Å². The van der Waals surface area contributed by atoms with E-state index in [1.54, 1.807) is 12.1 Å². The van der Waals surface area contributed by atoms with Crippen molar-refractivity contribution in [3.8, 4) is 0 Å². The maximum absolute atomic E-state index is 11.9. The van der Waals surface area contributed by atoms with Crippen LogP contribution < -0.4 is 16.4 Å². The molecule has 4 N–H and O–H groups in total. The second-order valence-corrected chi connectivity index (χ2v) is 6.40. The number of unbranched alkanes of at least 4 members (excludes halogenated alkanes) is 5. The van der Waals surface area contributed by atoms with Gasteiger partial charge in [0.05, 0.1) is 0 Å². The number of carbonyl (C=O) groups is 2. The Bertz CT molecular complexity index is 535. The van der Waals surface area contributed by atoms with Gasteiger partial charge in [-0.1, -0.05) is 69.0 Å². The van der Waals surface area contributed by atoms with E-state index in [9.17, 15) is 9.59 Å². The van der Waals surface area contributed by atoms with Crippen LogP contribution in [0.1, 0.15) is 45.4 Å². The highest BCUT2D eigenvalue weighted by Gasteiger charge is 2.07. The summed E-state index contributed by atoms with van der Waals surface area (Å²) < 4.78 is 0. The van der Waals surface area contributed by atoms with E-state index in [-0.39, 0.29) is 5.17 Å². The van der Waals surface area contributed by atoms with E-state index in [1.807, 2.05) is 18.2 Å². The van der Waals surface area contributed by atoms with Crippen molar-refractivity contribution in [2.24, 2.45) is 10.7 Å². The van der Waals surface area contributed by atoms with E-state index in [0.29, 0.717) is 5.69 Å². The largest absolute Gasteiger partial charge is 0.351 e. The van der Waals surface area contributed by atoms with Crippen LogP contribution in [0.5, 0.6) is 0 Å². The Hall–Kier alpha value is -2.02. The van der Waals surface area contributed by atoms with E-state index in [2.05, 4.69) is 22.5 Å². The van der Waals surface area contributed by atoms with Gasteiger partial charge < -0.3 is 11.1 Å². The lowest BCUT2D eigenvalue weighted by atomic mass is 10.1. The maximum Gasteiger partial charge on any atom is 0.347 e. The van der Waals surface area contributed by atoms with E-state index in [0.717, 1.165) is 18.6 Å². The van der Waals surface area contributed by atoms with Crippen LogP contribution in [-0.2, 0) is 0 Å². The van der Waals surface area contributed by atoms with Crippen molar-refractivity contribution in [2.75, 3.05) is 11.1 Å². The number of rotatable bonds is 8. The van der Waals surface area contributed by atoms with Gasteiger partial charge in [-0.2, -0.15) is 4.99 Å². The lowest BCUT2D eigenvalue weighted by Crippen LogP contribution is -2.34. The second kappa shape index (κ2) is 12.4. The minimum atomic E-state index is -0.725. The number of urea groups is 2. The van der Waals surface area contributed by atoms with Crippen LogP contribution in [-0.4, -0.2) is 23.0 Å². The van der Waals surface area contributed by atoms with E-state index < -0.39 is 12.1 Å². The fourth-order valence-electron chi connectivity index (χ4n) is 2.02. The first-order chi connectivity index (χ1) is 11.6. The molecule has 0 heterocycles. The van der Waals surface area contributed by atoms with Crippen LogP contribution >= 0.6 is 11.8 Å². The monoisotopic (exact) mass is 350 g/mol. The number of nitrogens with zero attached hydrogens (tertiary/aromatic N) is 1. The molecule has 4 amide bonds. The van der Waals surface area contributed by atoms with Gasteiger partial charge in [-0.25, -0.2) is 9.59 Å². The standard InChI is InChI=1S/C17H26N4O2S/c1-2-3-4-5-6-10-13-24-17(20-15(18)22)21-16(23)19-14-11-8-7-9-12-14/h7-9,11-12H,2-6,10,13H2,1H3,(H4,18,19,20,21,22,23). The highest BCUT2D eigenvalue weighted by Crippen LogP contribution is 2.11. The molecule has 1 aromatic rings. The Balaban J connectivity index is 2.42. The SMILES string of the molecule is CCCCCCCCSC(=NC(=O)Nc1ccccc1)NC(N)=O. The number of amidine groups is 1. The molecular weight excluding hydrogens is 324 g/mol. The van der Waals surface area contributed by atoms with Crippen molar-refractivity contribution >= 4 is 34.7 Å². The minimum absolute atomic E-state index is 0.226. The number of thioether (sulfide) groups is 1. The van der Waals surface area contributed by atoms with Crippen LogP contribution in [0.15, 0.2) is 35.3 Å². The molecule has 0 aliphatic carbocycles. The van der Waals surface area contributed by atoms with Crippen molar-refractivity contribution in [3.63, 3.8) is 0 Å². The van der Waals surface area contributed by atoms with Gasteiger partial charge in [0, 0.05) is 11.4 Å². The number of para-hydroxylation sites is 1. The predicted molar refractivity (Wildman–Crippen MR) is 101 cm³/mol. The summed E-state index contributed by atoms with van der Waals surface area (Å²) in [5, 5.41) is 5.26. The van der Waals surface area contributed by atoms with Gasteiger partial charge in [0.25, 0.3) is 0 Å². The van der Waals surface area contributed by atoms with Gasteiger partial charge >= 0.3 is 12.1 Å². The first-order valence-corrected chi connectivity index (χ1v) is 9.24. The van der Waals surface area contributed by atoms with E-state index >= 15 is 0 Å². The normalized spacial score (nSPS) is 11.1. The summed E-state index contributed by atoms with van der Waals surface area (Å²) in [4.78, 5) is 26.8. The molecule has 1 aromatic carbocycles. The van der Waals surface area contributed by atoms with Gasteiger partial charge in [0.1, 0.15) is 0 Å². The summed E-state index contributed by atoms with van der Waals surface area (Å²) >= 11 is 1.33. The molecule has 0 radical (unpaired) electrons. The Kier molecular flexibility index (Phi) is 10.4. The number of anilines is 1.